The quantitative estimate of drug-likeness (QED) is 0.554. The molecule has 3 heteroatoms. The van der Waals surface area contributed by atoms with Crippen molar-refractivity contribution in [3.8, 4) is 0 Å². The molecule has 0 aliphatic rings. The Morgan fingerprint density at radius 3 is 2.50 bits per heavy atom. The Morgan fingerprint density at radius 1 is 1.33 bits per heavy atom. The minimum atomic E-state index is 1.03. The Kier molecular flexibility index (Phi) is 4.48. The van der Waals surface area contributed by atoms with Crippen molar-refractivity contribution in [2.45, 2.75) is 0 Å². The average molecular weight is 212 g/mol. The molecule has 0 bridgehead atoms. The maximum atomic E-state index is 4.80. The van der Waals surface area contributed by atoms with Crippen LogP contribution in [0.2, 0.25) is 0 Å². The van der Waals surface area contributed by atoms with E-state index in [-0.39, 0.29) is 0 Å². The smallest absolute Gasteiger partial charge is 0.0788 e. The lowest BCUT2D eigenvalue weighted by Gasteiger charge is -1.99. The first-order valence-electron chi connectivity index (χ1n) is 3.39. The van der Waals surface area contributed by atoms with E-state index in [2.05, 4.69) is 5.02 Å². The van der Waals surface area contributed by atoms with Crippen molar-refractivity contribution in [3.05, 3.63) is 35.9 Å². The lowest BCUT2D eigenvalue weighted by molar-refractivity contribution is 1.66. The van der Waals surface area contributed by atoms with Gasteiger partial charge in [0.05, 0.1) is 4.91 Å². The van der Waals surface area contributed by atoms with E-state index in [1.54, 1.807) is 21.6 Å². The summed E-state index contributed by atoms with van der Waals surface area (Å²) < 4.78 is 0. The second kappa shape index (κ2) is 5.44. The predicted octanol–water partition coefficient (Wildman–Crippen LogP) is 3.64. The monoisotopic (exact) mass is 212 g/mol. The van der Waals surface area contributed by atoms with Gasteiger partial charge >= 0.3 is 0 Å². The highest BCUT2D eigenvalue weighted by Crippen LogP contribution is 2.32. The minimum Gasteiger partial charge on any atom is -0.0917 e. The van der Waals surface area contributed by atoms with Crippen LogP contribution in [0.25, 0.3) is 4.91 Å². The van der Waals surface area contributed by atoms with Crippen LogP contribution in [0.3, 0.4) is 0 Å². The number of hydrogen-bond donors (Lipinski definition) is 0. The average Bonchev–Trinajstić information content (AvgIpc) is 2.15. The van der Waals surface area contributed by atoms with Crippen molar-refractivity contribution >= 4 is 43.7 Å². The first-order chi connectivity index (χ1) is 5.88. The van der Waals surface area contributed by atoms with Crippen LogP contribution in [0, 0.1) is 0 Å². The second-order valence-corrected chi connectivity index (χ2v) is 4.66. The molecule has 1 aromatic carbocycles. The molecular weight excluding hydrogens is 204 g/mol. The van der Waals surface area contributed by atoms with Gasteiger partial charge in [0.25, 0.3) is 0 Å². The lowest BCUT2D eigenvalue weighted by atomic mass is 10.2. The molecule has 0 spiro atoms. The van der Waals surface area contributed by atoms with Crippen molar-refractivity contribution in [3.63, 3.8) is 0 Å². The van der Waals surface area contributed by atoms with Crippen molar-refractivity contribution < 1.29 is 0 Å². The fourth-order valence-corrected chi connectivity index (χ4v) is 2.54. The van der Waals surface area contributed by atoms with Crippen LogP contribution in [0.1, 0.15) is 5.56 Å². The van der Waals surface area contributed by atoms with Gasteiger partial charge in [0.15, 0.2) is 0 Å². The fourth-order valence-electron chi connectivity index (χ4n) is 0.797. The number of hydrogen-bond acceptors (Lipinski definition) is 3. The Morgan fingerprint density at radius 2 is 2.00 bits per heavy atom. The van der Waals surface area contributed by atoms with Gasteiger partial charge in [0.1, 0.15) is 0 Å². The topological polar surface area (TPSA) is 0 Å². The molecule has 0 unspecified atom stereocenters. The summed E-state index contributed by atoms with van der Waals surface area (Å²) in [5.41, 5.74) is 1.15. The van der Waals surface area contributed by atoms with Gasteiger partial charge in [-0.1, -0.05) is 41.1 Å². The molecule has 62 valence electrons. The largest absolute Gasteiger partial charge is 0.0917 e. The van der Waals surface area contributed by atoms with Crippen molar-refractivity contribution in [2.24, 2.45) is 0 Å². The zero-order chi connectivity index (χ0) is 8.81. The lowest BCUT2D eigenvalue weighted by Crippen LogP contribution is -1.76. The standard InChI is InChI=1S/C9H8S3/c1-11-12-9(7-10)8-5-3-2-4-6-8/h2-6H,1H3. The number of thiocarbonyl (C=S) groups is 1. The van der Waals surface area contributed by atoms with Gasteiger partial charge in [-0.2, -0.15) is 0 Å². The second-order valence-electron chi connectivity index (χ2n) is 2.05. The van der Waals surface area contributed by atoms with Crippen LogP contribution >= 0.6 is 33.8 Å². The first-order valence-corrected chi connectivity index (χ1v) is 6.36. The van der Waals surface area contributed by atoms with Crippen molar-refractivity contribution in [1.82, 2.24) is 0 Å². The molecule has 0 atom stereocenters. The van der Waals surface area contributed by atoms with Gasteiger partial charge in [0, 0.05) is 0 Å². The summed E-state index contributed by atoms with van der Waals surface area (Å²) in [5, 5.41) is 2.76. The highest BCUT2D eigenvalue weighted by Gasteiger charge is 1.98. The molecule has 1 rings (SSSR count). The van der Waals surface area contributed by atoms with Crippen molar-refractivity contribution in [1.29, 1.82) is 0 Å². The minimum absolute atomic E-state index is 1.03. The van der Waals surface area contributed by atoms with Gasteiger partial charge in [-0.3, -0.25) is 0 Å². The van der Waals surface area contributed by atoms with E-state index in [1.807, 2.05) is 36.6 Å². The van der Waals surface area contributed by atoms with E-state index >= 15 is 0 Å². The Balaban J connectivity index is 2.89. The van der Waals surface area contributed by atoms with Crippen LogP contribution in [-0.2, 0) is 0 Å². The summed E-state index contributed by atoms with van der Waals surface area (Å²) in [4.78, 5) is 1.03. The highest BCUT2D eigenvalue weighted by molar-refractivity contribution is 8.80. The molecule has 0 saturated carbocycles. The van der Waals surface area contributed by atoms with E-state index in [0.717, 1.165) is 10.5 Å². The van der Waals surface area contributed by atoms with Gasteiger partial charge in [-0.15, -0.1) is 0 Å². The van der Waals surface area contributed by atoms with E-state index < -0.39 is 0 Å². The fraction of sp³-hybridized carbons (Fsp3) is 0.111. The van der Waals surface area contributed by atoms with Gasteiger partial charge in [-0.05, 0) is 39.9 Å². The molecule has 0 saturated heterocycles. The molecule has 0 aliphatic heterocycles. The summed E-state index contributed by atoms with van der Waals surface area (Å²) in [5.74, 6) is 0. The zero-order valence-electron chi connectivity index (χ0n) is 6.61. The molecule has 0 radical (unpaired) electrons. The highest BCUT2D eigenvalue weighted by atomic mass is 33.1. The third-order valence-corrected chi connectivity index (χ3v) is 3.30. The molecule has 0 heterocycles. The third kappa shape index (κ3) is 2.68. The van der Waals surface area contributed by atoms with Crippen LogP contribution < -0.4 is 0 Å². The number of benzene rings is 1. The normalized spacial score (nSPS) is 9.08. The van der Waals surface area contributed by atoms with Crippen LogP contribution in [0.5, 0.6) is 0 Å². The van der Waals surface area contributed by atoms with Crippen molar-refractivity contribution in [2.75, 3.05) is 6.26 Å². The maximum Gasteiger partial charge on any atom is 0.0788 e. The summed E-state index contributed by atoms with van der Waals surface area (Å²) in [6.07, 6.45) is 2.03. The molecule has 12 heavy (non-hydrogen) atoms. The molecular formula is C9H8S3. The Hall–Kier alpha value is -0.210. The van der Waals surface area contributed by atoms with Gasteiger partial charge < -0.3 is 0 Å². The van der Waals surface area contributed by atoms with Gasteiger partial charge in [-0.25, -0.2) is 0 Å². The summed E-state index contributed by atoms with van der Waals surface area (Å²) >= 11 is 4.80. The van der Waals surface area contributed by atoms with Crippen LogP contribution in [0.4, 0.5) is 0 Å². The molecule has 0 amide bonds. The predicted molar refractivity (Wildman–Crippen MR) is 63.6 cm³/mol. The molecule has 1 aromatic rings. The van der Waals surface area contributed by atoms with E-state index in [9.17, 15) is 0 Å². The van der Waals surface area contributed by atoms with Gasteiger partial charge in [0.2, 0.25) is 0 Å². The maximum absolute atomic E-state index is 4.80. The third-order valence-electron chi connectivity index (χ3n) is 1.30. The molecule has 0 aliphatic carbocycles. The zero-order valence-corrected chi connectivity index (χ0v) is 9.06. The van der Waals surface area contributed by atoms with Crippen LogP contribution in [0.15, 0.2) is 30.3 Å². The summed E-state index contributed by atoms with van der Waals surface area (Å²) in [6, 6.07) is 10.1. The van der Waals surface area contributed by atoms with E-state index in [0.29, 0.717) is 0 Å². The SMILES string of the molecule is CSSC(=C=S)c1ccccc1. The first kappa shape index (κ1) is 9.87. The summed E-state index contributed by atoms with van der Waals surface area (Å²) in [7, 11) is 3.33. The Labute approximate surface area is 85.8 Å². The molecule has 0 N–H and O–H groups in total. The van der Waals surface area contributed by atoms with Crippen LogP contribution in [-0.4, -0.2) is 11.3 Å². The van der Waals surface area contributed by atoms with E-state index in [1.165, 1.54) is 0 Å². The summed E-state index contributed by atoms with van der Waals surface area (Å²) in [6.45, 7) is 0. The number of rotatable bonds is 3. The molecule has 0 aromatic heterocycles. The molecule has 0 fully saturated rings. The van der Waals surface area contributed by atoms with E-state index in [4.69, 9.17) is 12.2 Å². The molecule has 0 nitrogen and oxygen atoms in total. The Bertz CT molecular complexity index is 286.